The molecule has 2 aromatic carbocycles. The molecule has 0 aliphatic carbocycles. The van der Waals surface area contributed by atoms with Gasteiger partial charge >= 0.3 is 0 Å². The van der Waals surface area contributed by atoms with Crippen LogP contribution in [0.1, 0.15) is 28.1 Å². The molecule has 4 rings (SSSR count). The van der Waals surface area contributed by atoms with Gasteiger partial charge in [0.1, 0.15) is 0 Å². The molecule has 136 valence electrons. The third-order valence-electron chi connectivity index (χ3n) is 4.76. The second kappa shape index (κ2) is 6.91. The molecule has 0 unspecified atom stereocenters. The van der Waals surface area contributed by atoms with Crippen LogP contribution in [0.25, 0.3) is 11.6 Å². The number of nitrogens with one attached hydrogen (secondary N) is 1. The molecule has 0 radical (unpaired) electrons. The summed E-state index contributed by atoms with van der Waals surface area (Å²) in [4.78, 5) is 18.3. The van der Waals surface area contributed by atoms with Gasteiger partial charge in [0.15, 0.2) is 0 Å². The van der Waals surface area contributed by atoms with Gasteiger partial charge in [-0.05, 0) is 55.3 Å². The number of halogens is 2. The number of hydrogen-bond donors (Lipinski definition) is 1. The van der Waals surface area contributed by atoms with E-state index in [1.165, 1.54) is 0 Å². The van der Waals surface area contributed by atoms with Crippen molar-refractivity contribution in [2.45, 2.75) is 20.4 Å². The molecule has 0 atom stereocenters. The predicted molar refractivity (Wildman–Crippen MR) is 112 cm³/mol. The summed E-state index contributed by atoms with van der Waals surface area (Å²) in [5.41, 5.74) is 6.62. The molecule has 1 aliphatic heterocycles. The lowest BCUT2D eigenvalue weighted by atomic mass is 10.1. The Morgan fingerprint density at radius 2 is 1.81 bits per heavy atom. The molecule has 2 heterocycles. The van der Waals surface area contributed by atoms with E-state index >= 15 is 0 Å². The van der Waals surface area contributed by atoms with Gasteiger partial charge in [-0.2, -0.15) is 0 Å². The van der Waals surface area contributed by atoms with Gasteiger partial charge in [0, 0.05) is 17.0 Å². The van der Waals surface area contributed by atoms with Gasteiger partial charge in [-0.1, -0.05) is 47.5 Å². The van der Waals surface area contributed by atoms with E-state index in [-0.39, 0.29) is 5.91 Å². The smallest absolute Gasteiger partial charge is 0.259 e. The molecular weight excluding hydrogens is 379 g/mol. The first-order valence-electron chi connectivity index (χ1n) is 8.67. The molecule has 0 fully saturated rings. The number of fused-ring (bicyclic) bond motifs is 1. The number of amides is 1. The number of nitrogens with zero attached hydrogens (tertiary/aromatic N) is 1. The lowest BCUT2D eigenvalue weighted by molar-refractivity contribution is -0.113. The van der Waals surface area contributed by atoms with E-state index in [4.69, 9.17) is 23.2 Å². The lowest BCUT2D eigenvalue weighted by Gasteiger charge is -2.17. The van der Waals surface area contributed by atoms with Crippen LogP contribution in [0.5, 0.6) is 0 Å². The van der Waals surface area contributed by atoms with E-state index in [1.807, 2.05) is 50.3 Å². The predicted octanol–water partition coefficient (Wildman–Crippen LogP) is 6.03. The molecule has 1 aliphatic rings. The number of aromatic amines is 1. The van der Waals surface area contributed by atoms with Crippen molar-refractivity contribution < 1.29 is 4.79 Å². The van der Waals surface area contributed by atoms with Crippen molar-refractivity contribution >= 4 is 46.4 Å². The molecule has 0 bridgehead atoms. The number of H-pyrrole nitrogens is 1. The number of para-hydroxylation sites is 1. The fourth-order valence-corrected chi connectivity index (χ4v) is 3.79. The fraction of sp³-hybridized carbons (Fsp3) is 0.136. The van der Waals surface area contributed by atoms with Crippen LogP contribution in [-0.4, -0.2) is 10.9 Å². The first-order valence-corrected chi connectivity index (χ1v) is 9.43. The Morgan fingerprint density at radius 1 is 1.04 bits per heavy atom. The van der Waals surface area contributed by atoms with Crippen molar-refractivity contribution in [1.29, 1.82) is 0 Å². The molecule has 1 N–H and O–H groups in total. The van der Waals surface area contributed by atoms with Gasteiger partial charge < -0.3 is 9.88 Å². The highest BCUT2D eigenvalue weighted by atomic mass is 35.5. The SMILES string of the molecule is Cc1cc(C)c(/C=C2\C(=O)N(Cc3ccc(Cl)c(Cl)c3)c3ccccc32)[nH]1. The molecule has 0 saturated carbocycles. The van der Waals surface area contributed by atoms with Gasteiger partial charge in [0.25, 0.3) is 5.91 Å². The summed E-state index contributed by atoms with van der Waals surface area (Å²) in [6.45, 7) is 4.48. The van der Waals surface area contributed by atoms with Crippen LogP contribution in [0.15, 0.2) is 48.5 Å². The highest BCUT2D eigenvalue weighted by molar-refractivity contribution is 6.42. The minimum absolute atomic E-state index is 0.0195. The fourth-order valence-electron chi connectivity index (χ4n) is 3.47. The Morgan fingerprint density at radius 3 is 2.52 bits per heavy atom. The Bertz CT molecular complexity index is 1080. The molecular formula is C22H18Cl2N2O. The van der Waals surface area contributed by atoms with Crippen molar-refractivity contribution in [3.63, 3.8) is 0 Å². The van der Waals surface area contributed by atoms with E-state index in [1.54, 1.807) is 17.0 Å². The number of anilines is 1. The van der Waals surface area contributed by atoms with Crippen molar-refractivity contribution in [1.82, 2.24) is 4.98 Å². The number of hydrogen-bond acceptors (Lipinski definition) is 1. The lowest BCUT2D eigenvalue weighted by Crippen LogP contribution is -2.25. The molecule has 0 saturated heterocycles. The quantitative estimate of drug-likeness (QED) is 0.539. The summed E-state index contributed by atoms with van der Waals surface area (Å²) >= 11 is 12.2. The minimum atomic E-state index is -0.0195. The van der Waals surface area contributed by atoms with E-state index in [9.17, 15) is 4.79 Å². The van der Waals surface area contributed by atoms with E-state index in [2.05, 4.69) is 11.1 Å². The number of aryl methyl sites for hydroxylation is 2. The molecule has 27 heavy (non-hydrogen) atoms. The van der Waals surface area contributed by atoms with Gasteiger partial charge in [-0.15, -0.1) is 0 Å². The zero-order valence-electron chi connectivity index (χ0n) is 15.0. The highest BCUT2D eigenvalue weighted by Gasteiger charge is 2.32. The molecule has 1 amide bonds. The summed E-state index contributed by atoms with van der Waals surface area (Å²) in [6.07, 6.45) is 1.94. The molecule has 3 aromatic rings. The average Bonchev–Trinajstić information content (AvgIpc) is 3.09. The van der Waals surface area contributed by atoms with Crippen molar-refractivity contribution in [3.8, 4) is 0 Å². The van der Waals surface area contributed by atoms with Crippen LogP contribution < -0.4 is 4.90 Å². The zero-order valence-corrected chi connectivity index (χ0v) is 16.5. The van der Waals surface area contributed by atoms with Gasteiger partial charge in [0.05, 0.1) is 27.9 Å². The van der Waals surface area contributed by atoms with E-state index in [0.29, 0.717) is 22.2 Å². The van der Waals surface area contributed by atoms with Gasteiger partial charge in [-0.25, -0.2) is 0 Å². The Kier molecular flexibility index (Phi) is 4.58. The summed E-state index contributed by atoms with van der Waals surface area (Å²) < 4.78 is 0. The number of benzene rings is 2. The summed E-state index contributed by atoms with van der Waals surface area (Å²) in [6, 6.07) is 15.4. The second-order valence-corrected chi connectivity index (χ2v) is 7.58. The maximum Gasteiger partial charge on any atom is 0.259 e. The number of carbonyl (C=O) groups is 1. The normalized spacial score (nSPS) is 14.9. The van der Waals surface area contributed by atoms with Crippen LogP contribution in [0.2, 0.25) is 10.0 Å². The molecule has 3 nitrogen and oxygen atoms in total. The Labute approximate surface area is 168 Å². The van der Waals surface area contributed by atoms with Crippen LogP contribution in [-0.2, 0) is 11.3 Å². The minimum Gasteiger partial charge on any atom is -0.359 e. The Balaban J connectivity index is 1.75. The van der Waals surface area contributed by atoms with Crippen LogP contribution >= 0.6 is 23.2 Å². The van der Waals surface area contributed by atoms with Crippen molar-refractivity contribution in [2.24, 2.45) is 0 Å². The van der Waals surface area contributed by atoms with Gasteiger partial charge in [0.2, 0.25) is 0 Å². The topological polar surface area (TPSA) is 36.1 Å². The largest absolute Gasteiger partial charge is 0.359 e. The zero-order chi connectivity index (χ0) is 19.1. The highest BCUT2D eigenvalue weighted by Crippen LogP contribution is 2.39. The molecule has 0 spiro atoms. The first-order chi connectivity index (χ1) is 12.9. The van der Waals surface area contributed by atoms with Crippen molar-refractivity contribution in [2.75, 3.05) is 4.90 Å². The van der Waals surface area contributed by atoms with Crippen LogP contribution in [0.4, 0.5) is 5.69 Å². The number of rotatable bonds is 3. The molecule has 1 aromatic heterocycles. The number of aromatic nitrogens is 1. The Hall–Kier alpha value is -2.49. The summed E-state index contributed by atoms with van der Waals surface area (Å²) in [5.74, 6) is -0.0195. The summed E-state index contributed by atoms with van der Waals surface area (Å²) in [7, 11) is 0. The average molecular weight is 397 g/mol. The monoisotopic (exact) mass is 396 g/mol. The summed E-state index contributed by atoms with van der Waals surface area (Å²) in [5, 5.41) is 0.995. The third kappa shape index (κ3) is 3.29. The van der Waals surface area contributed by atoms with Crippen LogP contribution in [0.3, 0.4) is 0 Å². The maximum absolute atomic E-state index is 13.2. The first kappa shape index (κ1) is 17.9. The maximum atomic E-state index is 13.2. The van der Waals surface area contributed by atoms with Gasteiger partial charge in [-0.3, -0.25) is 4.79 Å². The molecule has 5 heteroatoms. The second-order valence-electron chi connectivity index (χ2n) is 6.76. The van der Waals surface area contributed by atoms with E-state index in [0.717, 1.165) is 33.8 Å². The van der Waals surface area contributed by atoms with Crippen LogP contribution in [0, 0.1) is 13.8 Å². The van der Waals surface area contributed by atoms with E-state index < -0.39 is 0 Å². The third-order valence-corrected chi connectivity index (χ3v) is 5.50. The van der Waals surface area contributed by atoms with Crippen molar-refractivity contribution in [3.05, 3.63) is 86.7 Å². The number of carbonyl (C=O) groups excluding carboxylic acids is 1. The standard InChI is InChI=1S/C22H18Cl2N2O/c1-13-9-14(2)25-20(13)11-17-16-5-3-4-6-21(16)26(22(17)27)12-15-7-8-18(23)19(24)10-15/h3-11,25H,12H2,1-2H3/b17-11-.